The molecule has 2 aromatic rings. The van der Waals surface area contributed by atoms with Crippen LogP contribution in [-0.2, 0) is 11.8 Å². The summed E-state index contributed by atoms with van der Waals surface area (Å²) in [4.78, 5) is 4.44. The quantitative estimate of drug-likeness (QED) is 0.918. The Morgan fingerprint density at radius 3 is 2.70 bits per heavy atom. The van der Waals surface area contributed by atoms with E-state index in [-0.39, 0.29) is 0 Å². The molecule has 1 aliphatic rings. The van der Waals surface area contributed by atoms with E-state index in [2.05, 4.69) is 21.5 Å². The number of rotatable bonds is 3. The van der Waals surface area contributed by atoms with E-state index in [1.807, 2.05) is 30.3 Å². The number of nitriles is 1. The lowest BCUT2D eigenvalue weighted by Gasteiger charge is -2.27. The number of nitrogens with zero attached hydrogens (tertiary/aromatic N) is 3. The molecule has 1 N–H and O–H groups in total. The zero-order valence-electron chi connectivity index (χ0n) is 11.2. The minimum atomic E-state index is -0.618. The summed E-state index contributed by atoms with van der Waals surface area (Å²) in [5.74, 6) is 1.10. The molecule has 1 saturated heterocycles. The minimum absolute atomic E-state index is 0.465. The van der Waals surface area contributed by atoms with Crippen molar-refractivity contribution in [2.45, 2.75) is 24.7 Å². The van der Waals surface area contributed by atoms with Gasteiger partial charge in [0.15, 0.2) is 5.82 Å². The van der Waals surface area contributed by atoms with Gasteiger partial charge in [-0.05, 0) is 31.5 Å². The van der Waals surface area contributed by atoms with E-state index in [1.54, 1.807) is 0 Å². The molecule has 1 aliphatic heterocycles. The lowest BCUT2D eigenvalue weighted by Crippen LogP contribution is -2.39. The van der Waals surface area contributed by atoms with Crippen molar-refractivity contribution in [3.05, 3.63) is 47.6 Å². The van der Waals surface area contributed by atoms with Gasteiger partial charge in [-0.15, -0.1) is 0 Å². The van der Waals surface area contributed by atoms with Gasteiger partial charge in [0, 0.05) is 6.42 Å². The monoisotopic (exact) mass is 268 g/mol. The minimum Gasteiger partial charge on any atom is -0.338 e. The van der Waals surface area contributed by atoms with Crippen molar-refractivity contribution in [3.8, 4) is 6.07 Å². The largest absolute Gasteiger partial charge is 0.338 e. The zero-order chi connectivity index (χ0) is 13.8. The first-order valence-electron chi connectivity index (χ1n) is 6.81. The van der Waals surface area contributed by atoms with Crippen LogP contribution >= 0.6 is 0 Å². The number of hydrogen-bond acceptors (Lipinski definition) is 5. The van der Waals surface area contributed by atoms with Crippen molar-refractivity contribution in [1.29, 1.82) is 5.26 Å². The average Bonchev–Trinajstić information content (AvgIpc) is 2.98. The molecule has 1 aromatic carbocycles. The summed E-state index contributed by atoms with van der Waals surface area (Å²) in [5.41, 5.74) is 0.517. The van der Waals surface area contributed by atoms with Gasteiger partial charge in [0.2, 0.25) is 5.89 Å². The second kappa shape index (κ2) is 5.43. The van der Waals surface area contributed by atoms with Crippen LogP contribution in [-0.4, -0.2) is 23.2 Å². The van der Waals surface area contributed by atoms with Gasteiger partial charge < -0.3 is 9.84 Å². The van der Waals surface area contributed by atoms with E-state index in [9.17, 15) is 5.26 Å². The smallest absolute Gasteiger partial charge is 0.247 e. The Kier molecular flexibility index (Phi) is 3.48. The normalized spacial score (nSPS) is 17.6. The van der Waals surface area contributed by atoms with Gasteiger partial charge in [-0.25, -0.2) is 0 Å². The van der Waals surface area contributed by atoms with Gasteiger partial charge in [-0.3, -0.25) is 0 Å². The van der Waals surface area contributed by atoms with Crippen LogP contribution in [0.15, 0.2) is 34.9 Å². The summed E-state index contributed by atoms with van der Waals surface area (Å²) < 4.78 is 5.36. The molecule has 0 atom stereocenters. The first-order chi connectivity index (χ1) is 9.82. The molecule has 2 heterocycles. The molecular weight excluding hydrogens is 252 g/mol. The van der Waals surface area contributed by atoms with E-state index in [1.165, 1.54) is 0 Å². The Hall–Kier alpha value is -2.19. The maximum Gasteiger partial charge on any atom is 0.247 e. The molecule has 5 nitrogen and oxygen atoms in total. The maximum absolute atomic E-state index is 9.49. The predicted molar refractivity (Wildman–Crippen MR) is 72.9 cm³/mol. The van der Waals surface area contributed by atoms with Gasteiger partial charge in [-0.2, -0.15) is 10.2 Å². The van der Waals surface area contributed by atoms with Crippen molar-refractivity contribution < 1.29 is 4.52 Å². The molecule has 1 aromatic heterocycles. The summed E-state index contributed by atoms with van der Waals surface area (Å²) in [6.45, 7) is 1.62. The van der Waals surface area contributed by atoms with E-state index in [0.29, 0.717) is 18.1 Å². The van der Waals surface area contributed by atoms with Crippen LogP contribution in [0.2, 0.25) is 0 Å². The Labute approximate surface area is 117 Å². The molecule has 1 fully saturated rings. The molecule has 3 rings (SSSR count). The molecule has 0 unspecified atom stereocenters. The van der Waals surface area contributed by atoms with Crippen molar-refractivity contribution in [2.75, 3.05) is 13.1 Å². The van der Waals surface area contributed by atoms with E-state index in [4.69, 9.17) is 4.52 Å². The van der Waals surface area contributed by atoms with E-state index in [0.717, 1.165) is 31.5 Å². The van der Waals surface area contributed by atoms with Crippen molar-refractivity contribution in [1.82, 2.24) is 15.5 Å². The van der Waals surface area contributed by atoms with Crippen LogP contribution in [0.25, 0.3) is 0 Å². The predicted octanol–water partition coefficient (Wildman–Crippen LogP) is 1.81. The topological polar surface area (TPSA) is 74.7 Å². The molecule has 0 radical (unpaired) electrons. The zero-order valence-corrected chi connectivity index (χ0v) is 11.2. The highest BCUT2D eigenvalue weighted by Gasteiger charge is 2.39. The SMILES string of the molecule is N#CC1(c2nc(Cc3ccccc3)no2)CCNCC1. The van der Waals surface area contributed by atoms with Crippen LogP contribution in [0.3, 0.4) is 0 Å². The van der Waals surface area contributed by atoms with Crippen LogP contribution in [0.1, 0.15) is 30.1 Å². The summed E-state index contributed by atoms with van der Waals surface area (Å²) >= 11 is 0. The third-order valence-corrected chi connectivity index (χ3v) is 3.75. The van der Waals surface area contributed by atoms with Crippen molar-refractivity contribution in [3.63, 3.8) is 0 Å². The molecule has 0 spiro atoms. The van der Waals surface area contributed by atoms with Gasteiger partial charge in [-0.1, -0.05) is 35.5 Å². The fourth-order valence-corrected chi connectivity index (χ4v) is 2.53. The Bertz CT molecular complexity index is 608. The van der Waals surface area contributed by atoms with E-state index >= 15 is 0 Å². The van der Waals surface area contributed by atoms with Gasteiger partial charge >= 0.3 is 0 Å². The summed E-state index contributed by atoms with van der Waals surface area (Å²) in [5, 5.41) is 16.8. The third kappa shape index (κ3) is 2.43. The lowest BCUT2D eigenvalue weighted by molar-refractivity contribution is 0.272. The van der Waals surface area contributed by atoms with Crippen LogP contribution in [0.5, 0.6) is 0 Å². The summed E-state index contributed by atoms with van der Waals surface area (Å²) in [6, 6.07) is 12.4. The molecule has 0 aliphatic carbocycles. The first-order valence-corrected chi connectivity index (χ1v) is 6.81. The van der Waals surface area contributed by atoms with Gasteiger partial charge in [0.05, 0.1) is 6.07 Å². The molecule has 20 heavy (non-hydrogen) atoms. The highest BCUT2D eigenvalue weighted by atomic mass is 16.5. The second-order valence-corrected chi connectivity index (χ2v) is 5.12. The molecule has 0 bridgehead atoms. The van der Waals surface area contributed by atoms with Crippen molar-refractivity contribution >= 4 is 0 Å². The van der Waals surface area contributed by atoms with Crippen LogP contribution < -0.4 is 5.32 Å². The molecular formula is C15H16N4O. The molecule has 102 valence electrons. The maximum atomic E-state index is 9.49. The molecule has 0 amide bonds. The Morgan fingerprint density at radius 2 is 2.00 bits per heavy atom. The second-order valence-electron chi connectivity index (χ2n) is 5.12. The van der Waals surface area contributed by atoms with Gasteiger partial charge in [0.1, 0.15) is 5.41 Å². The highest BCUT2D eigenvalue weighted by Crippen LogP contribution is 2.31. The highest BCUT2D eigenvalue weighted by molar-refractivity contribution is 5.22. The molecule has 5 heteroatoms. The van der Waals surface area contributed by atoms with Crippen LogP contribution in [0, 0.1) is 11.3 Å². The fraction of sp³-hybridized carbons (Fsp3) is 0.400. The fourth-order valence-electron chi connectivity index (χ4n) is 2.53. The number of nitrogens with one attached hydrogen (secondary N) is 1. The van der Waals surface area contributed by atoms with Gasteiger partial charge in [0.25, 0.3) is 0 Å². The number of benzene rings is 1. The Balaban J connectivity index is 1.81. The summed E-state index contributed by atoms with van der Waals surface area (Å²) in [6.07, 6.45) is 2.07. The third-order valence-electron chi connectivity index (χ3n) is 3.75. The Morgan fingerprint density at radius 1 is 1.25 bits per heavy atom. The van der Waals surface area contributed by atoms with Crippen LogP contribution in [0.4, 0.5) is 0 Å². The number of piperidine rings is 1. The molecule has 0 saturated carbocycles. The number of aromatic nitrogens is 2. The average molecular weight is 268 g/mol. The first kappa shape index (κ1) is 12.8. The lowest BCUT2D eigenvalue weighted by atomic mass is 9.80. The van der Waals surface area contributed by atoms with E-state index < -0.39 is 5.41 Å². The standard InChI is InChI=1S/C15H16N4O/c16-11-15(6-8-17-9-7-15)14-18-13(19-20-14)10-12-4-2-1-3-5-12/h1-5,17H,6-10H2. The van der Waals surface area contributed by atoms with Crippen molar-refractivity contribution in [2.24, 2.45) is 0 Å². The summed E-state index contributed by atoms with van der Waals surface area (Å²) in [7, 11) is 0. The number of hydrogen-bond donors (Lipinski definition) is 1.